The standard InChI is InChI=1S/C26H18F8N2O3/c1-24(27,28)16-4-2-3-15(13-16)22-14-21(35-17-5-9-19(10-6-17)38-25(29,30)31)23(37)36(22)18-7-11-20(12-8-18)39-26(32,33)34/h2-14,35,37H,1H3. The minimum Gasteiger partial charge on any atom is -0.493 e. The molecule has 0 bridgehead atoms. The molecule has 3 aromatic carbocycles. The lowest BCUT2D eigenvalue weighted by Crippen LogP contribution is -2.17. The number of benzene rings is 3. The number of alkyl halides is 8. The van der Waals surface area contributed by atoms with E-state index in [4.69, 9.17) is 0 Å². The quantitative estimate of drug-likeness (QED) is 0.223. The molecule has 0 unspecified atom stereocenters. The average Bonchev–Trinajstić information content (AvgIpc) is 3.14. The van der Waals surface area contributed by atoms with E-state index in [1.54, 1.807) is 0 Å². The number of ether oxygens (including phenoxy) is 2. The smallest absolute Gasteiger partial charge is 0.493 e. The number of nitrogens with zero attached hydrogens (tertiary/aromatic N) is 1. The van der Waals surface area contributed by atoms with E-state index >= 15 is 0 Å². The van der Waals surface area contributed by atoms with Gasteiger partial charge in [0.15, 0.2) is 0 Å². The van der Waals surface area contributed by atoms with Gasteiger partial charge in [-0.3, -0.25) is 4.57 Å². The number of rotatable bonds is 7. The summed E-state index contributed by atoms with van der Waals surface area (Å²) in [5.41, 5.74) is 0.526. The third-order valence-corrected chi connectivity index (χ3v) is 5.34. The summed E-state index contributed by atoms with van der Waals surface area (Å²) in [6.07, 6.45) is -9.81. The molecule has 39 heavy (non-hydrogen) atoms. The molecular weight excluding hydrogens is 540 g/mol. The van der Waals surface area contributed by atoms with Crippen LogP contribution in [0.4, 0.5) is 46.5 Å². The van der Waals surface area contributed by atoms with Crippen molar-refractivity contribution in [2.45, 2.75) is 25.6 Å². The fourth-order valence-electron chi connectivity index (χ4n) is 3.71. The summed E-state index contributed by atoms with van der Waals surface area (Å²) in [6.45, 7) is 0.709. The molecule has 0 radical (unpaired) electrons. The van der Waals surface area contributed by atoms with Crippen LogP contribution in [0.1, 0.15) is 12.5 Å². The maximum Gasteiger partial charge on any atom is 0.573 e. The number of hydrogen-bond donors (Lipinski definition) is 2. The molecule has 0 aliphatic carbocycles. The molecule has 4 rings (SSSR count). The van der Waals surface area contributed by atoms with Crippen LogP contribution in [0.3, 0.4) is 0 Å². The summed E-state index contributed by atoms with van der Waals surface area (Å²) in [6, 6.07) is 15.7. The zero-order valence-electron chi connectivity index (χ0n) is 19.7. The summed E-state index contributed by atoms with van der Waals surface area (Å²) < 4.78 is 112. The van der Waals surface area contributed by atoms with Gasteiger partial charge in [-0.25, -0.2) is 8.78 Å². The molecule has 0 aliphatic rings. The van der Waals surface area contributed by atoms with Crippen LogP contribution in [-0.2, 0) is 5.92 Å². The van der Waals surface area contributed by atoms with Gasteiger partial charge >= 0.3 is 12.7 Å². The first-order chi connectivity index (χ1) is 18.1. The van der Waals surface area contributed by atoms with Gasteiger partial charge in [-0.1, -0.05) is 18.2 Å². The molecule has 0 aliphatic heterocycles. The number of aromatic nitrogens is 1. The Morgan fingerprint density at radius 1 is 0.718 bits per heavy atom. The lowest BCUT2D eigenvalue weighted by Gasteiger charge is -2.15. The van der Waals surface area contributed by atoms with Gasteiger partial charge in [0.1, 0.15) is 17.2 Å². The molecule has 0 amide bonds. The van der Waals surface area contributed by atoms with E-state index in [2.05, 4.69) is 14.8 Å². The largest absolute Gasteiger partial charge is 0.573 e. The van der Waals surface area contributed by atoms with E-state index in [9.17, 15) is 40.2 Å². The third-order valence-electron chi connectivity index (χ3n) is 5.34. The van der Waals surface area contributed by atoms with Gasteiger partial charge in [0.25, 0.3) is 5.92 Å². The highest BCUT2D eigenvalue weighted by atomic mass is 19.4. The normalized spacial score (nSPS) is 12.3. The number of aromatic hydroxyl groups is 1. The van der Waals surface area contributed by atoms with E-state index in [1.807, 2.05) is 0 Å². The SMILES string of the molecule is CC(F)(F)c1cccc(-c2cc(Nc3ccc(OC(F)(F)F)cc3)c(O)n2-c2ccc(OC(F)(F)F)cc2)c1. The van der Waals surface area contributed by atoms with Crippen molar-refractivity contribution in [3.8, 4) is 34.3 Å². The Balaban J connectivity index is 1.76. The van der Waals surface area contributed by atoms with Crippen LogP contribution in [0.15, 0.2) is 78.9 Å². The van der Waals surface area contributed by atoms with Crippen molar-refractivity contribution in [2.24, 2.45) is 0 Å². The molecule has 1 heterocycles. The van der Waals surface area contributed by atoms with Crippen molar-refractivity contribution in [1.82, 2.24) is 4.57 Å². The molecule has 4 aromatic rings. The summed E-state index contributed by atoms with van der Waals surface area (Å²) in [5, 5.41) is 13.9. The second-order valence-electron chi connectivity index (χ2n) is 8.31. The number of anilines is 2. The first-order valence-corrected chi connectivity index (χ1v) is 11.0. The molecule has 1 aromatic heterocycles. The van der Waals surface area contributed by atoms with Crippen molar-refractivity contribution < 1.29 is 49.7 Å². The maximum absolute atomic E-state index is 14.0. The summed E-state index contributed by atoms with van der Waals surface area (Å²) in [7, 11) is 0. The highest BCUT2D eigenvalue weighted by Crippen LogP contribution is 2.40. The van der Waals surface area contributed by atoms with Crippen LogP contribution in [0, 0.1) is 0 Å². The number of hydrogen-bond acceptors (Lipinski definition) is 4. The summed E-state index contributed by atoms with van der Waals surface area (Å²) in [4.78, 5) is 0. The van der Waals surface area contributed by atoms with Gasteiger partial charge in [-0.05, 0) is 66.2 Å². The highest BCUT2D eigenvalue weighted by Gasteiger charge is 2.32. The minimum absolute atomic E-state index is 0.0266. The Morgan fingerprint density at radius 3 is 1.77 bits per heavy atom. The highest BCUT2D eigenvalue weighted by molar-refractivity contribution is 5.77. The van der Waals surface area contributed by atoms with Crippen molar-refractivity contribution >= 4 is 11.4 Å². The van der Waals surface area contributed by atoms with Crippen molar-refractivity contribution in [3.63, 3.8) is 0 Å². The Morgan fingerprint density at radius 2 is 1.26 bits per heavy atom. The molecule has 0 atom stereocenters. The van der Waals surface area contributed by atoms with Gasteiger partial charge in [0.05, 0.1) is 5.69 Å². The lowest BCUT2D eigenvalue weighted by molar-refractivity contribution is -0.275. The Kier molecular flexibility index (Phi) is 7.11. The number of halogens is 8. The van der Waals surface area contributed by atoms with Gasteiger partial charge in [0, 0.05) is 23.9 Å². The summed E-state index contributed by atoms with van der Waals surface area (Å²) in [5.74, 6) is -4.65. The molecular formula is C26H18F8N2O3. The fourth-order valence-corrected chi connectivity index (χ4v) is 3.71. The van der Waals surface area contributed by atoms with Crippen LogP contribution in [0.2, 0.25) is 0 Å². The zero-order chi connectivity index (χ0) is 28.6. The van der Waals surface area contributed by atoms with Crippen molar-refractivity contribution in [3.05, 3.63) is 84.4 Å². The van der Waals surface area contributed by atoms with E-state index in [1.165, 1.54) is 59.2 Å². The van der Waals surface area contributed by atoms with Crippen LogP contribution in [0.25, 0.3) is 16.9 Å². The third kappa shape index (κ3) is 6.92. The molecule has 0 fully saturated rings. The molecule has 2 N–H and O–H groups in total. The van der Waals surface area contributed by atoms with E-state index in [0.29, 0.717) is 6.92 Å². The molecule has 0 saturated carbocycles. The molecule has 0 saturated heterocycles. The van der Waals surface area contributed by atoms with Gasteiger partial charge in [-0.15, -0.1) is 26.3 Å². The van der Waals surface area contributed by atoms with Crippen LogP contribution in [-0.4, -0.2) is 22.4 Å². The minimum atomic E-state index is -4.92. The van der Waals surface area contributed by atoms with Crippen molar-refractivity contribution in [1.29, 1.82) is 0 Å². The molecule has 206 valence electrons. The van der Waals surface area contributed by atoms with Gasteiger partial charge < -0.3 is 19.9 Å². The lowest BCUT2D eigenvalue weighted by atomic mass is 10.0. The average molecular weight is 558 g/mol. The van der Waals surface area contributed by atoms with Crippen LogP contribution < -0.4 is 14.8 Å². The first kappa shape index (κ1) is 27.6. The Labute approximate surface area is 215 Å². The topological polar surface area (TPSA) is 55.6 Å². The van der Waals surface area contributed by atoms with E-state index in [0.717, 1.165) is 24.3 Å². The van der Waals surface area contributed by atoms with Crippen LogP contribution >= 0.6 is 0 Å². The monoisotopic (exact) mass is 558 g/mol. The van der Waals surface area contributed by atoms with Crippen molar-refractivity contribution in [2.75, 3.05) is 5.32 Å². The fraction of sp³-hybridized carbons (Fsp3) is 0.154. The van der Waals surface area contributed by atoms with Gasteiger partial charge in [-0.2, -0.15) is 0 Å². The maximum atomic E-state index is 14.0. The zero-order valence-corrected chi connectivity index (χ0v) is 19.7. The van der Waals surface area contributed by atoms with Crippen LogP contribution in [0.5, 0.6) is 17.4 Å². The Bertz CT molecular complexity index is 1440. The second-order valence-corrected chi connectivity index (χ2v) is 8.31. The molecule has 13 heteroatoms. The molecule has 5 nitrogen and oxygen atoms in total. The Hall–Kier alpha value is -4.42. The van der Waals surface area contributed by atoms with E-state index < -0.39 is 36.0 Å². The molecule has 0 spiro atoms. The predicted octanol–water partition coefficient (Wildman–Crippen LogP) is 8.50. The van der Waals surface area contributed by atoms with E-state index in [-0.39, 0.29) is 33.9 Å². The second kappa shape index (κ2) is 10.0. The predicted molar refractivity (Wildman–Crippen MR) is 126 cm³/mol. The first-order valence-electron chi connectivity index (χ1n) is 11.0. The van der Waals surface area contributed by atoms with Gasteiger partial charge in [0.2, 0.25) is 5.88 Å². The summed E-state index contributed by atoms with van der Waals surface area (Å²) >= 11 is 0. The number of nitrogens with one attached hydrogen (secondary N) is 1.